The van der Waals surface area contributed by atoms with Crippen LogP contribution in [0.1, 0.15) is 19.3 Å². The van der Waals surface area contributed by atoms with Crippen molar-refractivity contribution in [3.8, 4) is 0 Å². The Labute approximate surface area is 166 Å². The number of piperidine rings is 1. The summed E-state index contributed by atoms with van der Waals surface area (Å²) in [4.78, 5) is 30.1. The van der Waals surface area contributed by atoms with E-state index in [1.165, 1.54) is 4.90 Å². The van der Waals surface area contributed by atoms with Crippen LogP contribution < -0.4 is 10.2 Å². The summed E-state index contributed by atoms with van der Waals surface area (Å²) in [6.07, 6.45) is 4.46. The molecule has 26 heavy (non-hydrogen) atoms. The Morgan fingerprint density at radius 3 is 2.46 bits per heavy atom. The van der Waals surface area contributed by atoms with Crippen molar-refractivity contribution in [1.82, 2.24) is 10.2 Å². The number of hydrogen-bond acceptors (Lipinski definition) is 4. The van der Waals surface area contributed by atoms with Crippen LogP contribution in [0.2, 0.25) is 0 Å². The topological polar surface area (TPSA) is 52.7 Å². The fourth-order valence-electron chi connectivity index (χ4n) is 3.79. The Morgan fingerprint density at radius 2 is 1.88 bits per heavy atom. The summed E-state index contributed by atoms with van der Waals surface area (Å²) in [5, 5.41) is 3.22. The number of halogens is 1. The maximum atomic E-state index is 12.8. The summed E-state index contributed by atoms with van der Waals surface area (Å²) in [7, 11) is 1.97. The van der Waals surface area contributed by atoms with E-state index >= 15 is 0 Å². The van der Waals surface area contributed by atoms with Gasteiger partial charge in [-0.2, -0.15) is 0 Å². The van der Waals surface area contributed by atoms with Gasteiger partial charge in [0, 0.05) is 36.6 Å². The molecule has 2 heterocycles. The number of amides is 2. The molecule has 0 saturated carbocycles. The summed E-state index contributed by atoms with van der Waals surface area (Å²) in [5.41, 5.74) is 0.894. The van der Waals surface area contributed by atoms with Crippen LogP contribution >= 0.6 is 24.2 Å². The first-order valence-electron chi connectivity index (χ1n) is 9.00. The van der Waals surface area contributed by atoms with Gasteiger partial charge in [0.15, 0.2) is 0 Å². The number of carbonyl (C=O) groups is 2. The van der Waals surface area contributed by atoms with E-state index in [2.05, 4.69) is 5.32 Å². The van der Waals surface area contributed by atoms with Crippen molar-refractivity contribution in [2.75, 3.05) is 44.4 Å². The second kappa shape index (κ2) is 9.62. The fourth-order valence-corrected chi connectivity index (χ4v) is 4.20. The molecular formula is C19H28ClN3O2S. The molecule has 5 nitrogen and oxygen atoms in total. The maximum Gasteiger partial charge on any atom is 0.228 e. The smallest absolute Gasteiger partial charge is 0.228 e. The number of likely N-dealkylation sites (tertiary alicyclic amines) is 1. The molecule has 1 aromatic carbocycles. The molecular weight excluding hydrogens is 370 g/mol. The van der Waals surface area contributed by atoms with E-state index in [0.717, 1.165) is 38.2 Å². The first kappa shape index (κ1) is 21.1. The van der Waals surface area contributed by atoms with E-state index < -0.39 is 0 Å². The van der Waals surface area contributed by atoms with Crippen LogP contribution in [0.25, 0.3) is 0 Å². The Balaban J connectivity index is 0.00000243. The van der Waals surface area contributed by atoms with Crippen molar-refractivity contribution in [2.24, 2.45) is 11.8 Å². The lowest BCUT2D eigenvalue weighted by atomic mass is 9.95. The molecule has 1 atom stereocenters. The Bertz CT molecular complexity index is 618. The Morgan fingerprint density at radius 1 is 1.23 bits per heavy atom. The van der Waals surface area contributed by atoms with Gasteiger partial charge in [0.1, 0.15) is 0 Å². The Kier molecular flexibility index (Phi) is 7.80. The lowest BCUT2D eigenvalue weighted by Crippen LogP contribution is -2.43. The molecule has 0 radical (unpaired) electrons. The molecule has 3 rings (SSSR count). The molecule has 144 valence electrons. The number of rotatable bonds is 5. The molecule has 2 fully saturated rings. The van der Waals surface area contributed by atoms with Gasteiger partial charge >= 0.3 is 0 Å². The maximum absolute atomic E-state index is 12.8. The highest BCUT2D eigenvalue weighted by Gasteiger charge is 2.38. The quantitative estimate of drug-likeness (QED) is 0.776. The van der Waals surface area contributed by atoms with Gasteiger partial charge in [0.2, 0.25) is 11.8 Å². The van der Waals surface area contributed by atoms with Crippen molar-refractivity contribution in [1.29, 1.82) is 0 Å². The highest BCUT2D eigenvalue weighted by Crippen LogP contribution is 2.29. The third kappa shape index (κ3) is 4.72. The van der Waals surface area contributed by atoms with Gasteiger partial charge in [-0.15, -0.1) is 24.2 Å². The zero-order valence-corrected chi connectivity index (χ0v) is 17.1. The molecule has 1 N–H and O–H groups in total. The highest BCUT2D eigenvalue weighted by atomic mass is 35.5. The standard InChI is InChI=1S/C19H27N3O2S.ClH/c1-20-12-14-7-9-21(10-8-14)19(24)15-11-18(23)22(13-15)16-3-5-17(25-2)6-4-16;/h3-6,14-15,20H,7-13H2,1-2H3;1H. The van der Waals surface area contributed by atoms with Crippen molar-refractivity contribution in [3.05, 3.63) is 24.3 Å². The second-order valence-electron chi connectivity index (χ2n) is 6.93. The summed E-state index contributed by atoms with van der Waals surface area (Å²) in [6, 6.07) is 7.99. The lowest BCUT2D eigenvalue weighted by molar-refractivity contribution is -0.137. The van der Waals surface area contributed by atoms with Gasteiger partial charge in [-0.05, 0) is 62.9 Å². The largest absolute Gasteiger partial charge is 0.342 e. The molecule has 1 aromatic rings. The van der Waals surface area contributed by atoms with Gasteiger partial charge in [-0.3, -0.25) is 9.59 Å². The number of nitrogens with zero attached hydrogens (tertiary/aromatic N) is 2. The molecule has 0 bridgehead atoms. The van der Waals surface area contributed by atoms with Crippen molar-refractivity contribution in [3.63, 3.8) is 0 Å². The highest BCUT2D eigenvalue weighted by molar-refractivity contribution is 7.98. The van der Waals surface area contributed by atoms with Gasteiger partial charge in [-0.25, -0.2) is 0 Å². The van der Waals surface area contributed by atoms with Gasteiger partial charge in [0.25, 0.3) is 0 Å². The van der Waals surface area contributed by atoms with Crippen molar-refractivity contribution >= 4 is 41.7 Å². The molecule has 2 aliphatic heterocycles. The number of anilines is 1. The van der Waals surface area contributed by atoms with Crippen LogP contribution in [0, 0.1) is 11.8 Å². The first-order valence-corrected chi connectivity index (χ1v) is 10.2. The summed E-state index contributed by atoms with van der Waals surface area (Å²) < 4.78 is 0. The molecule has 0 aromatic heterocycles. The van der Waals surface area contributed by atoms with Crippen LogP contribution in [0.3, 0.4) is 0 Å². The molecule has 2 amide bonds. The molecule has 2 saturated heterocycles. The van der Waals surface area contributed by atoms with E-state index in [0.29, 0.717) is 18.9 Å². The zero-order chi connectivity index (χ0) is 17.8. The van der Waals surface area contributed by atoms with E-state index in [9.17, 15) is 9.59 Å². The van der Waals surface area contributed by atoms with Crippen LogP contribution in [0.5, 0.6) is 0 Å². The van der Waals surface area contributed by atoms with Crippen molar-refractivity contribution in [2.45, 2.75) is 24.2 Å². The fraction of sp³-hybridized carbons (Fsp3) is 0.579. The van der Waals surface area contributed by atoms with Crippen LogP contribution in [0.15, 0.2) is 29.2 Å². The average molecular weight is 398 g/mol. The summed E-state index contributed by atoms with van der Waals surface area (Å²) >= 11 is 1.68. The molecule has 7 heteroatoms. The minimum absolute atomic E-state index is 0. The molecule has 0 aliphatic carbocycles. The van der Waals surface area contributed by atoms with Crippen LogP contribution in [0.4, 0.5) is 5.69 Å². The normalized spacial score (nSPS) is 21.0. The predicted molar refractivity (Wildman–Crippen MR) is 109 cm³/mol. The molecule has 1 unspecified atom stereocenters. The number of benzene rings is 1. The molecule has 0 spiro atoms. The molecule has 2 aliphatic rings. The minimum Gasteiger partial charge on any atom is -0.342 e. The van der Waals surface area contributed by atoms with E-state index in [1.807, 2.05) is 42.5 Å². The summed E-state index contributed by atoms with van der Waals surface area (Å²) in [6.45, 7) is 3.16. The monoisotopic (exact) mass is 397 g/mol. The number of hydrogen-bond donors (Lipinski definition) is 1. The third-order valence-electron chi connectivity index (χ3n) is 5.28. The van der Waals surface area contributed by atoms with Gasteiger partial charge < -0.3 is 15.1 Å². The van der Waals surface area contributed by atoms with Crippen LogP contribution in [-0.4, -0.2) is 56.2 Å². The van der Waals surface area contributed by atoms with Gasteiger partial charge in [0.05, 0.1) is 5.92 Å². The number of nitrogens with one attached hydrogen (secondary N) is 1. The second-order valence-corrected chi connectivity index (χ2v) is 7.81. The Hall–Kier alpha value is -1.24. The SMILES string of the molecule is CNCC1CCN(C(=O)C2CC(=O)N(c3ccc(SC)cc3)C2)CC1.Cl. The number of carbonyl (C=O) groups excluding carboxylic acids is 2. The van der Waals surface area contributed by atoms with Gasteiger partial charge in [-0.1, -0.05) is 0 Å². The lowest BCUT2D eigenvalue weighted by Gasteiger charge is -2.33. The van der Waals surface area contributed by atoms with Crippen molar-refractivity contribution < 1.29 is 9.59 Å². The van der Waals surface area contributed by atoms with E-state index in [4.69, 9.17) is 0 Å². The third-order valence-corrected chi connectivity index (χ3v) is 6.02. The van der Waals surface area contributed by atoms with E-state index in [1.54, 1.807) is 16.7 Å². The van der Waals surface area contributed by atoms with Crippen LogP contribution in [-0.2, 0) is 9.59 Å². The van der Waals surface area contributed by atoms with E-state index in [-0.39, 0.29) is 30.1 Å². The number of thioether (sulfide) groups is 1. The average Bonchev–Trinajstić information content (AvgIpc) is 3.04. The first-order chi connectivity index (χ1) is 12.1. The predicted octanol–water partition coefficient (Wildman–Crippen LogP) is 2.64. The minimum atomic E-state index is -0.200. The zero-order valence-electron chi connectivity index (χ0n) is 15.4. The summed E-state index contributed by atoms with van der Waals surface area (Å²) in [5.74, 6) is 0.666.